The molecule has 1 amide bonds. The fourth-order valence-electron chi connectivity index (χ4n) is 4.69. The van der Waals surface area contributed by atoms with Crippen molar-refractivity contribution in [2.24, 2.45) is 0 Å². The number of aromatic amines is 1. The molecule has 0 atom stereocenters. The molecule has 0 unspecified atom stereocenters. The quantitative estimate of drug-likeness (QED) is 0.489. The van der Waals surface area contributed by atoms with Crippen molar-refractivity contribution in [3.8, 4) is 17.0 Å². The van der Waals surface area contributed by atoms with Crippen molar-refractivity contribution in [2.45, 2.75) is 25.7 Å². The Balaban J connectivity index is 1.53. The first-order valence-electron chi connectivity index (χ1n) is 10.9. The summed E-state index contributed by atoms with van der Waals surface area (Å²) in [6.45, 7) is 6.73. The second kappa shape index (κ2) is 7.94. The van der Waals surface area contributed by atoms with Crippen LogP contribution in [0.4, 0.5) is 0 Å². The average molecular weight is 433 g/mol. The lowest BCUT2D eigenvalue weighted by Gasteiger charge is -2.39. The Labute approximate surface area is 186 Å². The van der Waals surface area contributed by atoms with E-state index in [0.717, 1.165) is 29.9 Å². The zero-order chi connectivity index (χ0) is 22.4. The van der Waals surface area contributed by atoms with E-state index < -0.39 is 0 Å². The number of rotatable bonds is 6. The van der Waals surface area contributed by atoms with Gasteiger partial charge in [0.15, 0.2) is 11.4 Å². The number of H-pyrrole nitrogens is 1. The van der Waals surface area contributed by atoms with Crippen LogP contribution in [0.15, 0.2) is 36.8 Å². The van der Waals surface area contributed by atoms with Gasteiger partial charge in [0.05, 0.1) is 19.3 Å². The third-order valence-corrected chi connectivity index (χ3v) is 6.36. The number of amides is 1. The molecule has 8 nitrogen and oxygen atoms in total. The highest BCUT2D eigenvalue weighted by Crippen LogP contribution is 2.39. The first kappa shape index (κ1) is 20.5. The zero-order valence-electron chi connectivity index (χ0n) is 18.8. The molecule has 1 fully saturated rings. The summed E-state index contributed by atoms with van der Waals surface area (Å²) in [6.07, 6.45) is 3.53. The third kappa shape index (κ3) is 3.40. The number of carbonyl (C=O) groups is 1. The van der Waals surface area contributed by atoms with Gasteiger partial charge in [0.25, 0.3) is 0 Å². The van der Waals surface area contributed by atoms with E-state index in [-0.39, 0.29) is 5.91 Å². The maximum Gasteiger partial charge on any atom is 0.233 e. The molecule has 2 N–H and O–H groups in total. The summed E-state index contributed by atoms with van der Waals surface area (Å²) in [6, 6.07) is 8.71. The molecule has 1 aliphatic heterocycles. The number of likely N-dealkylation sites (tertiary alicyclic amines) is 1. The fourth-order valence-corrected chi connectivity index (χ4v) is 4.69. The minimum atomic E-state index is 0.0658. The van der Waals surface area contributed by atoms with Gasteiger partial charge in [0.2, 0.25) is 5.91 Å². The third-order valence-electron chi connectivity index (χ3n) is 6.36. The Morgan fingerprint density at radius 1 is 1.31 bits per heavy atom. The number of nitrogens with one attached hydrogen (secondary N) is 2. The van der Waals surface area contributed by atoms with Gasteiger partial charge >= 0.3 is 0 Å². The number of carbonyl (C=O) groups excluding carboxylic acids is 1. The van der Waals surface area contributed by atoms with Crippen molar-refractivity contribution < 1.29 is 9.53 Å². The van der Waals surface area contributed by atoms with Gasteiger partial charge in [-0.25, -0.2) is 9.50 Å². The molecule has 0 radical (unpaired) electrons. The largest absolute Gasteiger partial charge is 0.493 e. The molecule has 8 heteroatoms. The van der Waals surface area contributed by atoms with Crippen molar-refractivity contribution in [3.63, 3.8) is 0 Å². The van der Waals surface area contributed by atoms with Crippen LogP contribution in [0.1, 0.15) is 36.8 Å². The van der Waals surface area contributed by atoms with Crippen LogP contribution in [-0.4, -0.2) is 64.2 Å². The number of pyridine rings is 1. The Bertz CT molecular complexity index is 1300. The van der Waals surface area contributed by atoms with E-state index in [1.165, 1.54) is 22.8 Å². The van der Waals surface area contributed by atoms with Gasteiger partial charge in [-0.3, -0.25) is 9.69 Å². The first-order chi connectivity index (χ1) is 15.5. The molecular weight excluding hydrogens is 404 g/mol. The molecule has 32 heavy (non-hydrogen) atoms. The standard InChI is InChI=1S/C24H28N6O2/c1-14(2)22-18-7-15(17-9-29(10-17)12-21(31)25-3)5-6-19(18)28-23(22)16-8-20(32-4)24-26-13-27-30(24)11-16/h5-8,11,13-14,17,28H,9-10,12H2,1-4H3,(H,25,31). The van der Waals surface area contributed by atoms with Crippen molar-refractivity contribution in [3.05, 3.63) is 47.9 Å². The van der Waals surface area contributed by atoms with E-state index >= 15 is 0 Å². The molecule has 0 saturated carbocycles. The van der Waals surface area contributed by atoms with Crippen LogP contribution in [0.25, 0.3) is 27.8 Å². The fraction of sp³-hybridized carbons (Fsp3) is 0.375. The topological polar surface area (TPSA) is 87.5 Å². The lowest BCUT2D eigenvalue weighted by Crippen LogP contribution is -2.49. The summed E-state index contributed by atoms with van der Waals surface area (Å²) in [4.78, 5) is 21.7. The number of nitrogens with zero attached hydrogens (tertiary/aromatic N) is 4. The highest BCUT2D eigenvalue weighted by Gasteiger charge is 2.30. The molecule has 4 aromatic rings. The monoisotopic (exact) mass is 432 g/mol. The molecule has 3 aromatic heterocycles. The van der Waals surface area contributed by atoms with Crippen LogP contribution < -0.4 is 10.1 Å². The van der Waals surface area contributed by atoms with Crippen molar-refractivity contribution >= 4 is 22.5 Å². The van der Waals surface area contributed by atoms with E-state index in [0.29, 0.717) is 29.8 Å². The molecule has 4 heterocycles. The summed E-state index contributed by atoms with van der Waals surface area (Å²) in [5, 5.41) is 8.25. The van der Waals surface area contributed by atoms with Gasteiger partial charge in [-0.1, -0.05) is 19.9 Å². The zero-order valence-corrected chi connectivity index (χ0v) is 18.8. The minimum Gasteiger partial charge on any atom is -0.493 e. The van der Waals surface area contributed by atoms with Gasteiger partial charge < -0.3 is 15.0 Å². The Kier molecular flexibility index (Phi) is 5.09. The van der Waals surface area contributed by atoms with Crippen LogP contribution >= 0.6 is 0 Å². The molecule has 0 bridgehead atoms. The van der Waals surface area contributed by atoms with Crippen LogP contribution in [-0.2, 0) is 4.79 Å². The van der Waals surface area contributed by atoms with Crippen LogP contribution in [0, 0.1) is 0 Å². The number of methoxy groups -OCH3 is 1. The maximum atomic E-state index is 11.6. The number of ether oxygens (including phenoxy) is 1. The lowest BCUT2D eigenvalue weighted by atomic mass is 9.89. The second-order valence-electron chi connectivity index (χ2n) is 8.76. The second-order valence-corrected chi connectivity index (χ2v) is 8.76. The Hall–Kier alpha value is -3.39. The molecule has 5 rings (SSSR count). The number of fused-ring (bicyclic) bond motifs is 2. The number of benzene rings is 1. The van der Waals surface area contributed by atoms with Gasteiger partial charge in [-0.15, -0.1) is 0 Å². The van der Waals surface area contributed by atoms with E-state index in [1.54, 1.807) is 18.7 Å². The van der Waals surface area contributed by atoms with Gasteiger partial charge in [-0.05, 0) is 35.2 Å². The van der Waals surface area contributed by atoms with Crippen LogP contribution in [0.5, 0.6) is 5.75 Å². The summed E-state index contributed by atoms with van der Waals surface area (Å²) < 4.78 is 7.32. The SMILES string of the molecule is CNC(=O)CN1CC(c2ccc3[nH]c(-c4cc(OC)c5ncnn5c4)c(C(C)C)c3c2)C1. The predicted molar refractivity (Wildman–Crippen MR) is 124 cm³/mol. The summed E-state index contributed by atoms with van der Waals surface area (Å²) in [5.74, 6) is 1.54. The smallest absolute Gasteiger partial charge is 0.233 e. The normalized spacial score (nSPS) is 14.9. The number of likely N-dealkylation sites (N-methyl/N-ethyl adjacent to an activating group) is 1. The first-order valence-corrected chi connectivity index (χ1v) is 10.9. The molecule has 166 valence electrons. The number of hydrogen-bond acceptors (Lipinski definition) is 5. The molecule has 1 aromatic carbocycles. The molecule has 1 saturated heterocycles. The van der Waals surface area contributed by atoms with Crippen molar-refractivity contribution in [2.75, 3.05) is 33.8 Å². The van der Waals surface area contributed by atoms with Crippen molar-refractivity contribution in [1.29, 1.82) is 0 Å². The lowest BCUT2D eigenvalue weighted by molar-refractivity contribution is -0.122. The molecule has 1 aliphatic rings. The van der Waals surface area contributed by atoms with Gasteiger partial charge in [0, 0.05) is 48.7 Å². The van der Waals surface area contributed by atoms with Gasteiger partial charge in [-0.2, -0.15) is 5.10 Å². The van der Waals surface area contributed by atoms with E-state index in [1.807, 2.05) is 12.3 Å². The summed E-state index contributed by atoms with van der Waals surface area (Å²) in [7, 11) is 3.33. The number of aromatic nitrogens is 4. The van der Waals surface area contributed by atoms with Gasteiger partial charge in [0.1, 0.15) is 6.33 Å². The maximum absolute atomic E-state index is 11.6. The highest BCUT2D eigenvalue weighted by atomic mass is 16.5. The number of hydrogen-bond donors (Lipinski definition) is 2. The summed E-state index contributed by atoms with van der Waals surface area (Å²) in [5.41, 5.74) is 6.52. The van der Waals surface area contributed by atoms with Crippen LogP contribution in [0.3, 0.4) is 0 Å². The Morgan fingerprint density at radius 3 is 2.84 bits per heavy atom. The predicted octanol–water partition coefficient (Wildman–Crippen LogP) is 3.15. The summed E-state index contributed by atoms with van der Waals surface area (Å²) >= 11 is 0. The highest BCUT2D eigenvalue weighted by molar-refractivity contribution is 5.92. The van der Waals surface area contributed by atoms with E-state index in [9.17, 15) is 4.79 Å². The molecule has 0 aliphatic carbocycles. The average Bonchev–Trinajstić information content (AvgIpc) is 3.38. The van der Waals surface area contributed by atoms with E-state index in [2.05, 4.69) is 57.3 Å². The van der Waals surface area contributed by atoms with Crippen LogP contribution in [0.2, 0.25) is 0 Å². The molecular formula is C24H28N6O2. The van der Waals surface area contributed by atoms with Crippen molar-refractivity contribution in [1.82, 2.24) is 29.8 Å². The van der Waals surface area contributed by atoms with E-state index in [4.69, 9.17) is 4.74 Å². The Morgan fingerprint density at radius 2 is 2.12 bits per heavy atom. The minimum absolute atomic E-state index is 0.0658. The molecule has 0 spiro atoms.